The lowest BCUT2D eigenvalue weighted by Crippen LogP contribution is -1.95. The Bertz CT molecular complexity index is 796. The minimum absolute atomic E-state index is 0.0305. The van der Waals surface area contributed by atoms with Gasteiger partial charge in [-0.2, -0.15) is 0 Å². The molecule has 0 saturated heterocycles. The second kappa shape index (κ2) is 5.54. The van der Waals surface area contributed by atoms with E-state index in [0.717, 1.165) is 27.6 Å². The van der Waals surface area contributed by atoms with Crippen molar-refractivity contribution in [1.29, 1.82) is 0 Å². The molecule has 0 saturated carbocycles. The van der Waals surface area contributed by atoms with Gasteiger partial charge in [0.25, 0.3) is 0 Å². The summed E-state index contributed by atoms with van der Waals surface area (Å²) < 4.78 is 6.01. The van der Waals surface area contributed by atoms with E-state index in [-0.39, 0.29) is 6.61 Å². The fourth-order valence-electron chi connectivity index (χ4n) is 2.37. The Morgan fingerprint density at radius 3 is 2.52 bits per heavy atom. The summed E-state index contributed by atoms with van der Waals surface area (Å²) in [5.74, 6) is 1.38. The van der Waals surface area contributed by atoms with Gasteiger partial charge in [0.1, 0.15) is 5.75 Å². The predicted molar refractivity (Wildman–Crippen MR) is 83.7 cm³/mol. The Balaban J connectivity index is 2.11. The minimum Gasteiger partial charge on any atom is -0.438 e. The molecule has 106 valence electrons. The quantitative estimate of drug-likeness (QED) is 0.783. The lowest BCUT2D eigenvalue weighted by atomic mass is 10.1. The van der Waals surface area contributed by atoms with Crippen molar-refractivity contribution in [3.8, 4) is 11.6 Å². The molecule has 1 heterocycles. The number of hydrogen-bond donors (Lipinski definition) is 1. The number of nitrogens with zero attached hydrogens (tertiary/aromatic N) is 1. The molecule has 3 aromatic rings. The van der Waals surface area contributed by atoms with E-state index < -0.39 is 0 Å². The van der Waals surface area contributed by atoms with Crippen LogP contribution in [-0.4, -0.2) is 10.1 Å². The van der Waals surface area contributed by atoms with Crippen LogP contribution in [0.2, 0.25) is 0 Å². The van der Waals surface area contributed by atoms with Gasteiger partial charge >= 0.3 is 0 Å². The second-order valence-electron chi connectivity index (χ2n) is 5.09. The average molecular weight is 279 g/mol. The first-order chi connectivity index (χ1) is 10.2. The molecule has 0 fully saturated rings. The number of hydrogen-bond acceptors (Lipinski definition) is 3. The average Bonchev–Trinajstić information content (AvgIpc) is 2.52. The van der Waals surface area contributed by atoms with Gasteiger partial charge in [-0.15, -0.1) is 0 Å². The van der Waals surface area contributed by atoms with Crippen molar-refractivity contribution >= 4 is 10.8 Å². The van der Waals surface area contributed by atoms with Crippen LogP contribution in [0.5, 0.6) is 11.6 Å². The van der Waals surface area contributed by atoms with E-state index in [2.05, 4.69) is 18.0 Å². The van der Waals surface area contributed by atoms with Crippen LogP contribution in [0.3, 0.4) is 0 Å². The largest absolute Gasteiger partial charge is 0.438 e. The Hall–Kier alpha value is -2.39. The van der Waals surface area contributed by atoms with E-state index >= 15 is 0 Å². The highest BCUT2D eigenvalue weighted by Gasteiger charge is 2.10. The molecule has 3 nitrogen and oxygen atoms in total. The molecule has 2 aromatic carbocycles. The van der Waals surface area contributed by atoms with Crippen LogP contribution in [0.4, 0.5) is 0 Å². The zero-order valence-electron chi connectivity index (χ0n) is 12.1. The summed E-state index contributed by atoms with van der Waals surface area (Å²) in [4.78, 5) is 4.36. The van der Waals surface area contributed by atoms with Crippen LogP contribution in [0.1, 0.15) is 16.7 Å². The van der Waals surface area contributed by atoms with Gasteiger partial charge in [0.2, 0.25) is 5.88 Å². The molecule has 0 unspecified atom stereocenters. The van der Waals surface area contributed by atoms with Crippen molar-refractivity contribution in [2.75, 3.05) is 0 Å². The highest BCUT2D eigenvalue weighted by Crippen LogP contribution is 2.31. The summed E-state index contributed by atoms with van der Waals surface area (Å²) in [6.45, 7) is 4.06. The van der Waals surface area contributed by atoms with Gasteiger partial charge in [0.15, 0.2) is 0 Å². The van der Waals surface area contributed by atoms with Crippen molar-refractivity contribution in [2.24, 2.45) is 0 Å². The molecule has 0 spiro atoms. The number of rotatable bonds is 3. The fraction of sp³-hybridized carbons (Fsp3) is 0.167. The first kappa shape index (κ1) is 13.6. The number of aromatic nitrogens is 1. The van der Waals surface area contributed by atoms with Crippen molar-refractivity contribution in [1.82, 2.24) is 4.98 Å². The van der Waals surface area contributed by atoms with Crippen LogP contribution in [-0.2, 0) is 6.61 Å². The number of ether oxygens (including phenoxy) is 1. The summed E-state index contributed by atoms with van der Waals surface area (Å²) in [6.07, 6.45) is 1.67. The number of benzene rings is 2. The number of aliphatic hydroxyl groups is 1. The summed E-state index contributed by atoms with van der Waals surface area (Å²) in [5.41, 5.74) is 3.09. The van der Waals surface area contributed by atoms with E-state index in [4.69, 9.17) is 4.74 Å². The van der Waals surface area contributed by atoms with Gasteiger partial charge in [-0.25, -0.2) is 4.98 Å². The standard InChI is InChI=1S/C18H17NO2/c1-12-6-5-9-17(13(12)2)21-18-16-8-4-3-7-15(16)14(11-20)10-19-18/h3-10,20H,11H2,1-2H3. The fourth-order valence-corrected chi connectivity index (χ4v) is 2.37. The Labute approximate surface area is 123 Å². The Kier molecular flexibility index (Phi) is 3.59. The van der Waals surface area contributed by atoms with Crippen LogP contribution in [0.25, 0.3) is 10.8 Å². The predicted octanol–water partition coefficient (Wildman–Crippen LogP) is 4.14. The van der Waals surface area contributed by atoms with E-state index in [9.17, 15) is 5.11 Å². The highest BCUT2D eigenvalue weighted by atomic mass is 16.5. The van der Waals surface area contributed by atoms with Gasteiger partial charge in [0.05, 0.1) is 6.61 Å². The molecule has 0 atom stereocenters. The van der Waals surface area contributed by atoms with Crippen molar-refractivity contribution in [3.05, 3.63) is 65.4 Å². The number of fused-ring (bicyclic) bond motifs is 1. The third kappa shape index (κ3) is 2.48. The summed E-state index contributed by atoms with van der Waals surface area (Å²) in [7, 11) is 0. The van der Waals surface area contributed by atoms with Crippen molar-refractivity contribution < 1.29 is 9.84 Å². The Morgan fingerprint density at radius 1 is 1.00 bits per heavy atom. The molecule has 0 radical (unpaired) electrons. The SMILES string of the molecule is Cc1cccc(Oc2ncc(CO)c3ccccc23)c1C. The van der Waals surface area contributed by atoms with Crippen LogP contribution in [0, 0.1) is 13.8 Å². The molecule has 3 heteroatoms. The normalized spacial score (nSPS) is 10.8. The van der Waals surface area contributed by atoms with E-state index in [1.54, 1.807) is 6.20 Å². The maximum Gasteiger partial charge on any atom is 0.227 e. The lowest BCUT2D eigenvalue weighted by molar-refractivity contribution is 0.282. The third-order valence-corrected chi connectivity index (χ3v) is 3.77. The first-order valence-corrected chi connectivity index (χ1v) is 6.92. The van der Waals surface area contributed by atoms with Crippen LogP contribution >= 0.6 is 0 Å². The molecule has 0 aliphatic carbocycles. The Morgan fingerprint density at radius 2 is 1.76 bits per heavy atom. The van der Waals surface area contributed by atoms with Gasteiger partial charge in [-0.05, 0) is 42.5 Å². The van der Waals surface area contributed by atoms with E-state index in [0.29, 0.717) is 5.88 Å². The number of aryl methyl sites for hydroxylation is 1. The number of aliphatic hydroxyl groups excluding tert-OH is 1. The molecule has 1 N–H and O–H groups in total. The summed E-state index contributed by atoms with van der Waals surface area (Å²) in [6, 6.07) is 13.8. The molecule has 1 aromatic heterocycles. The van der Waals surface area contributed by atoms with Crippen LogP contribution in [0.15, 0.2) is 48.7 Å². The summed E-state index contributed by atoms with van der Waals surface area (Å²) >= 11 is 0. The second-order valence-corrected chi connectivity index (χ2v) is 5.09. The first-order valence-electron chi connectivity index (χ1n) is 6.92. The monoisotopic (exact) mass is 279 g/mol. The topological polar surface area (TPSA) is 42.4 Å². The van der Waals surface area contributed by atoms with E-state index in [1.807, 2.05) is 43.3 Å². The zero-order valence-corrected chi connectivity index (χ0v) is 12.1. The molecular formula is C18H17NO2. The van der Waals surface area contributed by atoms with Gasteiger partial charge < -0.3 is 9.84 Å². The molecule has 0 aliphatic rings. The maximum absolute atomic E-state index is 9.42. The lowest BCUT2D eigenvalue weighted by Gasteiger charge is -2.12. The number of pyridine rings is 1. The van der Waals surface area contributed by atoms with Crippen molar-refractivity contribution in [2.45, 2.75) is 20.5 Å². The van der Waals surface area contributed by atoms with Gasteiger partial charge in [-0.1, -0.05) is 30.3 Å². The molecule has 0 bridgehead atoms. The zero-order chi connectivity index (χ0) is 14.8. The van der Waals surface area contributed by atoms with Gasteiger partial charge in [-0.3, -0.25) is 0 Å². The molecule has 0 aliphatic heterocycles. The molecule has 0 amide bonds. The molecule has 3 rings (SSSR count). The minimum atomic E-state index is -0.0305. The molecular weight excluding hydrogens is 262 g/mol. The van der Waals surface area contributed by atoms with Gasteiger partial charge in [0, 0.05) is 17.1 Å². The maximum atomic E-state index is 9.42. The summed E-state index contributed by atoms with van der Waals surface area (Å²) in [5, 5.41) is 11.3. The van der Waals surface area contributed by atoms with Crippen LogP contribution < -0.4 is 4.74 Å². The van der Waals surface area contributed by atoms with E-state index in [1.165, 1.54) is 5.56 Å². The molecule has 21 heavy (non-hydrogen) atoms. The van der Waals surface area contributed by atoms with Crippen molar-refractivity contribution in [3.63, 3.8) is 0 Å². The highest BCUT2D eigenvalue weighted by molar-refractivity contribution is 5.89. The third-order valence-electron chi connectivity index (χ3n) is 3.77. The smallest absolute Gasteiger partial charge is 0.227 e.